The lowest BCUT2D eigenvalue weighted by Gasteiger charge is -2.37. The number of esters is 1. The molecule has 0 aliphatic carbocycles. The number of amides is 1. The van der Waals surface area contributed by atoms with Crippen molar-refractivity contribution in [2.24, 2.45) is 5.92 Å². The maximum Gasteiger partial charge on any atom is 0.310 e. The zero-order valence-corrected chi connectivity index (χ0v) is 26.8. The molecule has 0 N–H and O–H groups in total. The van der Waals surface area contributed by atoms with Gasteiger partial charge in [-0.3, -0.25) is 9.59 Å². The summed E-state index contributed by atoms with van der Waals surface area (Å²) in [7, 11) is 0. The number of carbonyl (C=O) groups excluding carboxylic acids is 2. The minimum absolute atomic E-state index is 0.0631. The summed E-state index contributed by atoms with van der Waals surface area (Å²) in [5, 5.41) is 0.673. The van der Waals surface area contributed by atoms with Gasteiger partial charge in [-0.15, -0.1) is 0 Å². The van der Waals surface area contributed by atoms with Gasteiger partial charge >= 0.3 is 5.97 Å². The van der Waals surface area contributed by atoms with Crippen molar-refractivity contribution in [1.82, 2.24) is 14.9 Å². The smallest absolute Gasteiger partial charge is 0.310 e. The van der Waals surface area contributed by atoms with Gasteiger partial charge in [0, 0.05) is 62.2 Å². The summed E-state index contributed by atoms with van der Waals surface area (Å²) in [6, 6.07) is 26.7. The molecule has 6 rings (SSSR count). The van der Waals surface area contributed by atoms with Crippen LogP contribution in [0.4, 0.5) is 15.9 Å². The lowest BCUT2D eigenvalue weighted by Crippen LogP contribution is -2.47. The molecule has 1 aromatic heterocycles. The molecular formula is C36H38FN5O3S. The van der Waals surface area contributed by atoms with E-state index in [1.807, 2.05) is 72.8 Å². The maximum atomic E-state index is 14.4. The van der Waals surface area contributed by atoms with Gasteiger partial charge in [-0.25, -0.2) is 14.4 Å². The van der Waals surface area contributed by atoms with E-state index in [1.54, 1.807) is 29.7 Å². The highest BCUT2D eigenvalue weighted by atomic mass is 32.2. The van der Waals surface area contributed by atoms with Crippen molar-refractivity contribution in [3.8, 4) is 11.3 Å². The van der Waals surface area contributed by atoms with E-state index in [1.165, 1.54) is 6.07 Å². The first kappa shape index (κ1) is 31.5. The fourth-order valence-corrected chi connectivity index (χ4v) is 6.78. The third-order valence-electron chi connectivity index (χ3n) is 8.46. The maximum absolute atomic E-state index is 14.4. The molecule has 2 aliphatic heterocycles. The molecule has 3 aromatic carbocycles. The molecule has 2 saturated heterocycles. The van der Waals surface area contributed by atoms with Gasteiger partial charge in [0.15, 0.2) is 5.16 Å². The highest BCUT2D eigenvalue weighted by molar-refractivity contribution is 7.98. The molecule has 2 fully saturated rings. The topological polar surface area (TPSA) is 78.9 Å². The molecule has 238 valence electrons. The summed E-state index contributed by atoms with van der Waals surface area (Å²) in [5.74, 6) is 0.746. The van der Waals surface area contributed by atoms with Crippen LogP contribution in [0, 0.1) is 11.7 Å². The van der Waals surface area contributed by atoms with Gasteiger partial charge in [-0.1, -0.05) is 66.4 Å². The van der Waals surface area contributed by atoms with Gasteiger partial charge in [0.2, 0.25) is 0 Å². The van der Waals surface area contributed by atoms with Crippen LogP contribution in [0.2, 0.25) is 0 Å². The first-order valence-electron chi connectivity index (χ1n) is 15.8. The molecule has 0 radical (unpaired) electrons. The lowest BCUT2D eigenvalue weighted by molar-refractivity contribution is -0.149. The molecule has 8 nitrogen and oxygen atoms in total. The largest absolute Gasteiger partial charge is 0.466 e. The van der Waals surface area contributed by atoms with E-state index < -0.39 is 0 Å². The second kappa shape index (κ2) is 14.8. The van der Waals surface area contributed by atoms with Crippen LogP contribution in [-0.2, 0) is 15.3 Å². The molecular weight excluding hydrogens is 601 g/mol. The summed E-state index contributed by atoms with van der Waals surface area (Å²) in [6.45, 7) is 6.01. The van der Waals surface area contributed by atoms with Crippen molar-refractivity contribution in [3.05, 3.63) is 102 Å². The minimum Gasteiger partial charge on any atom is -0.466 e. The van der Waals surface area contributed by atoms with Gasteiger partial charge in [0.05, 0.1) is 23.9 Å². The number of rotatable bonds is 9. The Morgan fingerprint density at radius 3 is 2.35 bits per heavy atom. The second-order valence-electron chi connectivity index (χ2n) is 11.5. The molecule has 1 atom stereocenters. The van der Waals surface area contributed by atoms with Gasteiger partial charge < -0.3 is 19.4 Å². The number of piperazine rings is 1. The predicted molar refractivity (Wildman–Crippen MR) is 180 cm³/mol. The lowest BCUT2D eigenvalue weighted by atomic mass is 9.97. The average Bonchev–Trinajstić information content (AvgIpc) is 3.11. The Morgan fingerprint density at radius 1 is 0.891 bits per heavy atom. The Kier molecular flexibility index (Phi) is 10.1. The third kappa shape index (κ3) is 7.50. The second-order valence-corrected chi connectivity index (χ2v) is 12.5. The zero-order chi connectivity index (χ0) is 31.9. The molecule has 0 unspecified atom stereocenters. The number of hydrogen-bond donors (Lipinski definition) is 0. The van der Waals surface area contributed by atoms with Crippen LogP contribution >= 0.6 is 11.8 Å². The van der Waals surface area contributed by atoms with E-state index in [0.29, 0.717) is 54.9 Å². The summed E-state index contributed by atoms with van der Waals surface area (Å²) >= 11 is 1.55. The van der Waals surface area contributed by atoms with Crippen LogP contribution in [0.15, 0.2) is 90.1 Å². The number of thioether (sulfide) groups is 1. The van der Waals surface area contributed by atoms with Crippen LogP contribution in [0.1, 0.15) is 35.7 Å². The molecule has 0 saturated carbocycles. The number of benzene rings is 3. The van der Waals surface area contributed by atoms with Crippen LogP contribution in [0.5, 0.6) is 0 Å². The standard InChI is InChI=1S/C36H38FN5O3S/c1-2-45-35(44)29-11-8-18-42(24-29)34(43)28-16-14-26(15-17-28)25-46-36-38-31(27-9-4-3-5-10-27)23-33(39-36)41-21-19-40(20-22-41)32-13-7-6-12-30(32)37/h3-7,9-10,12-17,23,29H,2,8,11,18-22,24-25H2,1H3/t29-/m0/s1. The van der Waals surface area contributed by atoms with Gasteiger partial charge in [0.1, 0.15) is 11.6 Å². The number of piperidine rings is 1. The summed E-state index contributed by atoms with van der Waals surface area (Å²) in [6.07, 6.45) is 1.53. The number of para-hydroxylation sites is 1. The van der Waals surface area contributed by atoms with Crippen LogP contribution in [0.3, 0.4) is 0 Å². The highest BCUT2D eigenvalue weighted by Gasteiger charge is 2.30. The summed E-state index contributed by atoms with van der Waals surface area (Å²) in [5.41, 5.74) is 4.17. The quantitative estimate of drug-likeness (QED) is 0.120. The number of ether oxygens (including phenoxy) is 1. The molecule has 10 heteroatoms. The van der Waals surface area contributed by atoms with Crippen LogP contribution in [0.25, 0.3) is 11.3 Å². The Bertz CT molecular complexity index is 1650. The van der Waals surface area contributed by atoms with Crippen molar-refractivity contribution >= 4 is 35.1 Å². The van der Waals surface area contributed by atoms with Crippen molar-refractivity contribution < 1.29 is 18.7 Å². The molecule has 3 heterocycles. The van der Waals surface area contributed by atoms with E-state index in [0.717, 1.165) is 48.6 Å². The fraction of sp³-hybridized carbons (Fsp3) is 0.333. The Morgan fingerprint density at radius 2 is 1.61 bits per heavy atom. The van der Waals surface area contributed by atoms with Crippen molar-refractivity contribution in [2.75, 3.05) is 55.7 Å². The molecule has 0 spiro atoms. The number of nitrogens with zero attached hydrogens (tertiary/aromatic N) is 5. The third-order valence-corrected chi connectivity index (χ3v) is 9.37. The number of likely N-dealkylation sites (tertiary alicyclic amines) is 1. The predicted octanol–water partition coefficient (Wildman–Crippen LogP) is 6.32. The van der Waals surface area contributed by atoms with Crippen LogP contribution < -0.4 is 9.80 Å². The van der Waals surface area contributed by atoms with Gasteiger partial charge in [0.25, 0.3) is 5.91 Å². The monoisotopic (exact) mass is 639 g/mol. The average molecular weight is 640 g/mol. The summed E-state index contributed by atoms with van der Waals surface area (Å²) < 4.78 is 19.6. The molecule has 46 heavy (non-hydrogen) atoms. The Hall–Kier alpha value is -4.44. The molecule has 4 aromatic rings. The first-order valence-corrected chi connectivity index (χ1v) is 16.8. The van der Waals surface area contributed by atoms with E-state index in [9.17, 15) is 14.0 Å². The molecule has 2 aliphatic rings. The zero-order valence-electron chi connectivity index (χ0n) is 26.0. The molecule has 0 bridgehead atoms. The SMILES string of the molecule is CCOC(=O)[C@H]1CCCN(C(=O)c2ccc(CSc3nc(-c4ccccc4)cc(N4CCN(c5ccccc5F)CC4)n3)cc2)C1. The first-order chi connectivity index (χ1) is 22.5. The van der Waals surface area contributed by atoms with E-state index in [-0.39, 0.29) is 23.6 Å². The fourth-order valence-electron chi connectivity index (χ4n) is 5.97. The highest BCUT2D eigenvalue weighted by Crippen LogP contribution is 2.29. The minimum atomic E-state index is -0.263. The van der Waals surface area contributed by atoms with Crippen molar-refractivity contribution in [2.45, 2.75) is 30.7 Å². The van der Waals surface area contributed by atoms with Gasteiger partial charge in [-0.05, 0) is 49.6 Å². The summed E-state index contributed by atoms with van der Waals surface area (Å²) in [4.78, 5) is 41.4. The van der Waals surface area contributed by atoms with Crippen molar-refractivity contribution in [3.63, 3.8) is 0 Å². The normalized spacial score (nSPS) is 16.7. The molecule has 1 amide bonds. The van der Waals surface area contributed by atoms with E-state index in [2.05, 4.69) is 9.80 Å². The van der Waals surface area contributed by atoms with Crippen molar-refractivity contribution in [1.29, 1.82) is 0 Å². The number of hydrogen-bond acceptors (Lipinski definition) is 8. The van der Waals surface area contributed by atoms with Crippen LogP contribution in [-0.4, -0.2) is 72.6 Å². The number of aromatic nitrogens is 2. The Labute approximate surface area is 273 Å². The van der Waals surface area contributed by atoms with Gasteiger partial charge in [-0.2, -0.15) is 0 Å². The van der Waals surface area contributed by atoms with E-state index >= 15 is 0 Å². The number of carbonyl (C=O) groups is 2. The Balaban J connectivity index is 1.13. The number of halogens is 1. The van der Waals surface area contributed by atoms with E-state index in [4.69, 9.17) is 14.7 Å². The number of anilines is 2.